The monoisotopic (exact) mass is 224 g/mol. The highest BCUT2D eigenvalue weighted by Crippen LogP contribution is 2.29. The van der Waals surface area contributed by atoms with Crippen LogP contribution in [0.1, 0.15) is 18.4 Å². The minimum atomic E-state index is -1.36. The van der Waals surface area contributed by atoms with Gasteiger partial charge in [0.05, 0.1) is 0 Å². The second-order valence-electron chi connectivity index (χ2n) is 4.11. The summed E-state index contributed by atoms with van der Waals surface area (Å²) in [7, 11) is 0. The average molecular weight is 224 g/mol. The van der Waals surface area contributed by atoms with Crippen LogP contribution in [0, 0.1) is 12.8 Å². The maximum atomic E-state index is 11.7. The summed E-state index contributed by atoms with van der Waals surface area (Å²) >= 11 is 0. The molecule has 6 heteroatoms. The lowest BCUT2D eigenvalue weighted by molar-refractivity contribution is 0.194. The van der Waals surface area contributed by atoms with Gasteiger partial charge in [-0.1, -0.05) is 0 Å². The number of hydrogen-bond donors (Lipinski definition) is 1. The molecule has 0 bridgehead atoms. The summed E-state index contributed by atoms with van der Waals surface area (Å²) in [6.07, 6.45) is 1.69. The third kappa shape index (κ3) is 1.78. The molecule has 86 valence electrons. The van der Waals surface area contributed by atoms with Crippen molar-refractivity contribution in [3.8, 4) is 0 Å². The number of carbonyl (C=O) groups is 1. The number of nitrogens with zero attached hydrogens (tertiary/aromatic N) is 2. The zero-order valence-electron chi connectivity index (χ0n) is 8.84. The summed E-state index contributed by atoms with van der Waals surface area (Å²) in [6.45, 7) is 1.83. The van der Waals surface area contributed by atoms with Crippen LogP contribution >= 0.6 is 0 Å². The number of aryl methyl sites for hydroxylation is 1. The fourth-order valence-electron chi connectivity index (χ4n) is 1.59. The van der Waals surface area contributed by atoms with E-state index in [9.17, 15) is 14.4 Å². The van der Waals surface area contributed by atoms with Gasteiger partial charge in [-0.3, -0.25) is 9.36 Å². The highest BCUT2D eigenvalue weighted by Gasteiger charge is 2.24. The summed E-state index contributed by atoms with van der Waals surface area (Å²) in [5.41, 5.74) is -0.896. The second kappa shape index (κ2) is 3.62. The molecule has 1 aromatic rings. The van der Waals surface area contributed by atoms with Gasteiger partial charge < -0.3 is 5.11 Å². The smallest absolute Gasteiger partial charge is 0.419 e. The van der Waals surface area contributed by atoms with Crippen molar-refractivity contribution in [3.63, 3.8) is 0 Å². The Morgan fingerprint density at radius 1 is 1.50 bits per heavy atom. The van der Waals surface area contributed by atoms with Crippen molar-refractivity contribution < 1.29 is 9.90 Å². The van der Waals surface area contributed by atoms with Crippen LogP contribution in [0.25, 0.3) is 0 Å². The van der Waals surface area contributed by atoms with Gasteiger partial charge in [0.15, 0.2) is 0 Å². The van der Waals surface area contributed by atoms with Gasteiger partial charge in [0.2, 0.25) is 0 Å². The van der Waals surface area contributed by atoms with Crippen LogP contribution in [0.2, 0.25) is 0 Å². The molecule has 1 saturated carbocycles. The number of carboxylic acid groups (broad SMARTS) is 1. The lowest BCUT2D eigenvalue weighted by Gasteiger charge is -2.07. The van der Waals surface area contributed by atoms with Crippen LogP contribution in [0.15, 0.2) is 15.8 Å². The van der Waals surface area contributed by atoms with E-state index in [4.69, 9.17) is 5.11 Å². The van der Waals surface area contributed by atoms with Crippen LogP contribution < -0.4 is 11.2 Å². The Morgan fingerprint density at radius 2 is 2.12 bits per heavy atom. The van der Waals surface area contributed by atoms with Crippen LogP contribution in [0.4, 0.5) is 4.79 Å². The lowest BCUT2D eigenvalue weighted by Crippen LogP contribution is -2.43. The fraction of sp³-hybridized carbons (Fsp3) is 0.500. The molecule has 1 fully saturated rings. The van der Waals surface area contributed by atoms with Crippen molar-refractivity contribution in [2.75, 3.05) is 0 Å². The highest BCUT2D eigenvalue weighted by molar-refractivity contribution is 5.67. The predicted molar refractivity (Wildman–Crippen MR) is 55.8 cm³/mol. The van der Waals surface area contributed by atoms with Gasteiger partial charge in [-0.25, -0.2) is 14.2 Å². The largest absolute Gasteiger partial charge is 0.464 e. The first-order chi connectivity index (χ1) is 7.50. The Labute approximate surface area is 90.8 Å². The molecule has 0 amide bonds. The molecule has 0 saturated heterocycles. The Bertz CT molecular complexity index is 551. The molecule has 1 aliphatic rings. The topological polar surface area (TPSA) is 81.3 Å². The molecule has 6 nitrogen and oxygen atoms in total. The molecular formula is C10H12N2O4. The Hall–Kier alpha value is -1.85. The maximum absolute atomic E-state index is 11.7. The van der Waals surface area contributed by atoms with Crippen molar-refractivity contribution in [1.29, 1.82) is 0 Å². The summed E-state index contributed by atoms with van der Waals surface area (Å²) in [5.74, 6) is 0.342. The Morgan fingerprint density at radius 3 is 2.62 bits per heavy atom. The first kappa shape index (κ1) is 10.7. The predicted octanol–water partition coefficient (Wildman–Crippen LogP) is 0.255. The molecule has 0 aromatic carbocycles. The van der Waals surface area contributed by atoms with Gasteiger partial charge in [0.25, 0.3) is 5.56 Å². The lowest BCUT2D eigenvalue weighted by atomic mass is 10.3. The van der Waals surface area contributed by atoms with E-state index in [0.717, 1.165) is 23.6 Å². The van der Waals surface area contributed by atoms with Crippen LogP contribution in [0.5, 0.6) is 0 Å². The molecule has 16 heavy (non-hydrogen) atoms. The Balaban J connectivity index is 2.60. The van der Waals surface area contributed by atoms with E-state index in [2.05, 4.69) is 0 Å². The van der Waals surface area contributed by atoms with E-state index in [1.807, 2.05) is 0 Å². The van der Waals surface area contributed by atoms with Crippen LogP contribution in [0.3, 0.4) is 0 Å². The van der Waals surface area contributed by atoms with Crippen molar-refractivity contribution >= 4 is 6.09 Å². The molecule has 0 radical (unpaired) electrons. The highest BCUT2D eigenvalue weighted by atomic mass is 16.4. The van der Waals surface area contributed by atoms with E-state index in [0.29, 0.717) is 17.0 Å². The number of aromatic nitrogens is 2. The third-order valence-electron chi connectivity index (χ3n) is 2.69. The summed E-state index contributed by atoms with van der Waals surface area (Å²) in [6, 6.07) is 0. The zero-order valence-corrected chi connectivity index (χ0v) is 8.84. The number of rotatable bonds is 2. The van der Waals surface area contributed by atoms with Gasteiger partial charge >= 0.3 is 11.8 Å². The SMILES string of the molecule is Cc1cn(C(=O)O)c(=O)n(CC2CC2)c1=O. The van der Waals surface area contributed by atoms with Gasteiger partial charge in [0, 0.05) is 18.3 Å². The molecule has 0 aliphatic heterocycles. The summed E-state index contributed by atoms with van der Waals surface area (Å²) in [5, 5.41) is 8.80. The number of hydrogen-bond acceptors (Lipinski definition) is 3. The zero-order chi connectivity index (χ0) is 11.9. The van der Waals surface area contributed by atoms with Crippen molar-refractivity contribution in [2.24, 2.45) is 5.92 Å². The fourth-order valence-corrected chi connectivity index (χ4v) is 1.59. The van der Waals surface area contributed by atoms with Crippen molar-refractivity contribution in [2.45, 2.75) is 26.3 Å². The van der Waals surface area contributed by atoms with Gasteiger partial charge in [-0.2, -0.15) is 0 Å². The van der Waals surface area contributed by atoms with E-state index in [1.165, 1.54) is 6.92 Å². The molecule has 1 heterocycles. The quantitative estimate of drug-likeness (QED) is 0.781. The molecule has 1 N–H and O–H groups in total. The standard InChI is InChI=1S/C10H12N2O4/c1-6-4-12(10(15)16)9(14)11(8(6)13)5-7-2-3-7/h4,7H,2-3,5H2,1H3,(H,15,16). The van der Waals surface area contributed by atoms with Crippen molar-refractivity contribution in [1.82, 2.24) is 9.13 Å². The molecule has 0 atom stereocenters. The minimum Gasteiger partial charge on any atom is -0.464 e. The minimum absolute atomic E-state index is 0.266. The third-order valence-corrected chi connectivity index (χ3v) is 2.69. The molecule has 1 aliphatic carbocycles. The van der Waals surface area contributed by atoms with Crippen LogP contribution in [-0.4, -0.2) is 20.3 Å². The van der Waals surface area contributed by atoms with Gasteiger partial charge in [-0.15, -0.1) is 0 Å². The molecular weight excluding hydrogens is 212 g/mol. The van der Waals surface area contributed by atoms with E-state index in [1.54, 1.807) is 0 Å². The maximum Gasteiger partial charge on any atom is 0.419 e. The first-order valence-corrected chi connectivity index (χ1v) is 5.07. The summed E-state index contributed by atoms with van der Waals surface area (Å²) < 4.78 is 1.57. The second-order valence-corrected chi connectivity index (χ2v) is 4.11. The van der Waals surface area contributed by atoms with Gasteiger partial charge in [0.1, 0.15) is 0 Å². The molecule has 0 spiro atoms. The summed E-state index contributed by atoms with van der Waals surface area (Å²) in [4.78, 5) is 34.2. The Kier molecular flexibility index (Phi) is 2.41. The van der Waals surface area contributed by atoms with E-state index < -0.39 is 17.3 Å². The molecule has 2 rings (SSSR count). The normalized spacial score (nSPS) is 15.1. The van der Waals surface area contributed by atoms with E-state index >= 15 is 0 Å². The van der Waals surface area contributed by atoms with Crippen LogP contribution in [-0.2, 0) is 6.54 Å². The molecule has 0 unspecified atom stereocenters. The van der Waals surface area contributed by atoms with Gasteiger partial charge in [-0.05, 0) is 25.7 Å². The van der Waals surface area contributed by atoms with E-state index in [-0.39, 0.29) is 5.56 Å². The average Bonchev–Trinajstić information content (AvgIpc) is 3.01. The first-order valence-electron chi connectivity index (χ1n) is 5.07. The molecule has 1 aromatic heterocycles. The van der Waals surface area contributed by atoms with Crippen molar-refractivity contribution in [3.05, 3.63) is 32.6 Å².